The normalized spacial score (nSPS) is 11.0. The standard InChI is InChI=1S/C8H16FO5P.C8H13FO2.C7H12FNO2.C4H8O.C3H8NOP.C3H9NO/c1-4-12-8(10)7(9)15(11,13-5-2)14-6-3;1-3-5-6-7(9)8(10)11-4-2;1-2-11-7(10)6(8)4-3-5-9;1-2-3-4-5;5-3-1-2-4-6;4-2-1-3-5/h7H,4-6H2,1-3H3;6H,3-5H2,1-2H3;4H,2-3,5,9H2,1H3;4H,2-3H2,1H3;5-6H,1-3H2;5H,1-4H2/b;7-6-;6-4-;;;. The van der Waals surface area contributed by atoms with Crippen LogP contribution in [0.5, 0.6) is 0 Å². The van der Waals surface area contributed by atoms with E-state index in [1.165, 1.54) is 26.8 Å². The fraction of sp³-hybridized carbons (Fsp3) is 0.758. The van der Waals surface area contributed by atoms with Crippen molar-refractivity contribution < 1.29 is 70.4 Å². The SMILES string of the molecule is CCC/C=C(\F)C(=O)OCC.CCCC=O.CCOC(=O)/C(F)=C/CCN.CCOC(=O)C(F)P(=O)(OCC)OCC.NCCCO.OCCCN=P. The Morgan fingerprint density at radius 3 is 1.42 bits per heavy atom. The van der Waals surface area contributed by atoms with Gasteiger partial charge in [0.05, 0.1) is 33.0 Å². The smallest absolute Gasteiger partial charge is 0.376 e. The third-order valence-electron chi connectivity index (χ3n) is 4.62. The van der Waals surface area contributed by atoms with E-state index in [0.29, 0.717) is 38.9 Å². The van der Waals surface area contributed by atoms with Crippen LogP contribution in [0.2, 0.25) is 0 Å². The molecule has 0 aromatic carbocycles. The topological polar surface area (TPSA) is 236 Å². The van der Waals surface area contributed by atoms with Crippen LogP contribution in [-0.2, 0) is 47.0 Å². The molecule has 0 fully saturated rings. The maximum atomic E-state index is 13.4. The van der Waals surface area contributed by atoms with Gasteiger partial charge in [0.25, 0.3) is 5.91 Å². The minimum atomic E-state index is -4.04. The van der Waals surface area contributed by atoms with Crippen LogP contribution in [0.1, 0.15) is 93.4 Å². The summed E-state index contributed by atoms with van der Waals surface area (Å²) in [5, 5.41) is 16.1. The van der Waals surface area contributed by atoms with Gasteiger partial charge in [-0.25, -0.2) is 18.8 Å². The number of rotatable bonds is 22. The number of carbonyl (C=O) groups is 4. The highest BCUT2D eigenvalue weighted by Gasteiger charge is 2.42. The molecule has 1 unspecified atom stereocenters. The van der Waals surface area contributed by atoms with E-state index in [0.717, 1.165) is 38.0 Å². The van der Waals surface area contributed by atoms with E-state index >= 15 is 0 Å². The largest absolute Gasteiger partial charge is 0.463 e. The second-order valence-electron chi connectivity index (χ2n) is 9.15. The lowest BCUT2D eigenvalue weighted by molar-refractivity contribution is -0.146. The number of carbonyl (C=O) groups excluding carboxylic acids is 4. The molecule has 0 bridgehead atoms. The second-order valence-corrected chi connectivity index (χ2v) is 11.5. The average molecular weight is 816 g/mol. The van der Waals surface area contributed by atoms with Crippen molar-refractivity contribution in [2.24, 2.45) is 16.2 Å². The molecule has 0 spiro atoms. The summed E-state index contributed by atoms with van der Waals surface area (Å²) in [6, 6.07) is 0. The number of nitrogens with zero attached hydrogens (tertiary/aromatic N) is 1. The second kappa shape index (κ2) is 51.5. The fourth-order valence-corrected chi connectivity index (χ4v) is 3.82. The molecular formula is C33H66F3N3O12P2. The van der Waals surface area contributed by atoms with Gasteiger partial charge in [0.1, 0.15) is 6.29 Å². The van der Waals surface area contributed by atoms with Gasteiger partial charge in [-0.1, -0.05) is 20.3 Å². The first-order valence-corrected chi connectivity index (χ1v) is 19.4. The number of hydrogen-bond acceptors (Lipinski definition) is 15. The molecule has 0 amide bonds. The van der Waals surface area contributed by atoms with Crippen molar-refractivity contribution in [1.29, 1.82) is 0 Å². The highest BCUT2D eigenvalue weighted by molar-refractivity contribution is 7.55. The molecule has 0 radical (unpaired) electrons. The first kappa shape index (κ1) is 62.4. The summed E-state index contributed by atoms with van der Waals surface area (Å²) in [5.74, 6) is -7.02. The van der Waals surface area contributed by atoms with Crippen molar-refractivity contribution in [3.8, 4) is 0 Å². The molecule has 0 aliphatic heterocycles. The van der Waals surface area contributed by atoms with Crippen LogP contribution in [0.15, 0.2) is 28.6 Å². The molecule has 0 heterocycles. The van der Waals surface area contributed by atoms with E-state index < -0.39 is 43.1 Å². The lowest BCUT2D eigenvalue weighted by Crippen LogP contribution is -2.21. The van der Waals surface area contributed by atoms with Crippen molar-refractivity contribution in [2.45, 2.75) is 99.3 Å². The van der Waals surface area contributed by atoms with E-state index in [-0.39, 0.29) is 46.2 Å². The molecule has 316 valence electrons. The number of halogens is 3. The third kappa shape index (κ3) is 49.4. The van der Waals surface area contributed by atoms with E-state index in [9.17, 15) is 36.9 Å². The molecule has 1 atom stereocenters. The molecule has 0 rings (SSSR count). The van der Waals surface area contributed by atoms with Crippen molar-refractivity contribution in [2.75, 3.05) is 65.9 Å². The zero-order valence-electron chi connectivity index (χ0n) is 32.5. The van der Waals surface area contributed by atoms with E-state index in [1.807, 2.05) is 13.8 Å². The van der Waals surface area contributed by atoms with Crippen LogP contribution in [0.3, 0.4) is 0 Å². The van der Waals surface area contributed by atoms with E-state index in [2.05, 4.69) is 37.0 Å². The lowest BCUT2D eigenvalue weighted by atomic mass is 10.3. The highest BCUT2D eigenvalue weighted by Crippen LogP contribution is 2.54. The highest BCUT2D eigenvalue weighted by atomic mass is 31.2. The van der Waals surface area contributed by atoms with Gasteiger partial charge < -0.3 is 49.7 Å². The Hall–Kier alpha value is -2.56. The van der Waals surface area contributed by atoms with Crippen LogP contribution in [-0.4, -0.2) is 106 Å². The Labute approximate surface area is 316 Å². The maximum Gasteiger partial charge on any atom is 0.376 e. The number of aldehydes is 1. The zero-order chi connectivity index (χ0) is 42.3. The Morgan fingerprint density at radius 2 is 1.17 bits per heavy atom. The number of alkyl halides is 1. The van der Waals surface area contributed by atoms with Gasteiger partial charge in [-0.05, 0) is 101 Å². The minimum absolute atomic E-state index is 0.00287. The van der Waals surface area contributed by atoms with Crippen molar-refractivity contribution in [1.82, 2.24) is 0 Å². The molecule has 0 saturated carbocycles. The number of esters is 3. The van der Waals surface area contributed by atoms with Crippen LogP contribution in [0, 0.1) is 0 Å². The van der Waals surface area contributed by atoms with Gasteiger partial charge in [-0.15, -0.1) is 0 Å². The predicted molar refractivity (Wildman–Crippen MR) is 202 cm³/mol. The molecule has 53 heavy (non-hydrogen) atoms. The van der Waals surface area contributed by atoms with Crippen LogP contribution in [0.25, 0.3) is 0 Å². The molecule has 0 aromatic rings. The molecular weight excluding hydrogens is 749 g/mol. The first-order valence-electron chi connectivity index (χ1n) is 17.3. The van der Waals surface area contributed by atoms with Gasteiger partial charge in [0.15, 0.2) is 0 Å². The summed E-state index contributed by atoms with van der Waals surface area (Å²) in [6.45, 7) is 14.2. The molecule has 6 N–H and O–H groups in total. The van der Waals surface area contributed by atoms with E-state index in [4.69, 9.17) is 21.7 Å². The van der Waals surface area contributed by atoms with Crippen molar-refractivity contribution in [3.05, 3.63) is 23.8 Å². The predicted octanol–water partition coefficient (Wildman–Crippen LogP) is 6.07. The molecule has 0 aliphatic carbocycles. The summed E-state index contributed by atoms with van der Waals surface area (Å²) in [4.78, 5) is 41.5. The van der Waals surface area contributed by atoms with Gasteiger partial charge >= 0.3 is 25.5 Å². The lowest BCUT2D eigenvalue weighted by Gasteiger charge is -2.19. The molecule has 20 heteroatoms. The molecule has 0 saturated heterocycles. The first-order chi connectivity index (χ1) is 25.2. The zero-order valence-corrected chi connectivity index (χ0v) is 34.4. The average Bonchev–Trinajstić information content (AvgIpc) is 3.14. The number of allylic oxidation sites excluding steroid dienone is 1. The Bertz CT molecular complexity index is 935. The quantitative estimate of drug-likeness (QED) is 0.0242. The number of hydrogen-bond donors (Lipinski definition) is 4. The number of aliphatic hydroxyl groups is 2. The van der Waals surface area contributed by atoms with Crippen LogP contribution in [0.4, 0.5) is 13.2 Å². The number of ether oxygens (including phenoxy) is 3. The minimum Gasteiger partial charge on any atom is -0.463 e. The monoisotopic (exact) mass is 815 g/mol. The summed E-state index contributed by atoms with van der Waals surface area (Å²) < 4.78 is 76.3. The Balaban J connectivity index is -0.000000131. The van der Waals surface area contributed by atoms with Crippen LogP contribution < -0.4 is 11.5 Å². The third-order valence-corrected chi connectivity index (χ3v) is 6.84. The summed E-state index contributed by atoms with van der Waals surface area (Å²) in [6.07, 6.45) is 8.21. The summed E-state index contributed by atoms with van der Waals surface area (Å²) >= 11 is 0. The van der Waals surface area contributed by atoms with Gasteiger partial charge in [0.2, 0.25) is 11.7 Å². The molecule has 0 aliphatic rings. The summed E-state index contributed by atoms with van der Waals surface area (Å²) in [5.41, 5.74) is 10.1. The summed E-state index contributed by atoms with van der Waals surface area (Å²) in [7, 11) is -1.13. The molecule has 0 aromatic heterocycles. The van der Waals surface area contributed by atoms with Crippen molar-refractivity contribution >= 4 is 40.8 Å². The fourth-order valence-electron chi connectivity index (χ4n) is 2.27. The number of aliphatic hydroxyl groups excluding tert-OH is 2. The maximum absolute atomic E-state index is 13.4. The molecule has 15 nitrogen and oxygen atoms in total. The van der Waals surface area contributed by atoms with Gasteiger partial charge in [-0.3, -0.25) is 9.31 Å². The van der Waals surface area contributed by atoms with E-state index in [1.54, 1.807) is 13.8 Å². The Morgan fingerprint density at radius 1 is 0.736 bits per heavy atom. The van der Waals surface area contributed by atoms with Gasteiger partial charge in [0, 0.05) is 26.2 Å². The van der Waals surface area contributed by atoms with Crippen molar-refractivity contribution in [3.63, 3.8) is 0 Å². The van der Waals surface area contributed by atoms with Gasteiger partial charge in [-0.2, -0.15) is 8.78 Å². The number of unbranched alkanes of at least 4 members (excludes halogenated alkanes) is 2. The van der Waals surface area contributed by atoms with Crippen LogP contribution >= 0.6 is 16.6 Å². The Kier molecular flexibility index (Phi) is 60.7. The number of nitrogens with two attached hydrogens (primary N) is 2.